The highest BCUT2D eigenvalue weighted by atomic mass is 16.6. The molecule has 3 N–H and O–H groups in total. The fourth-order valence-corrected chi connectivity index (χ4v) is 4.13. The van der Waals surface area contributed by atoms with Crippen LogP contribution in [-0.4, -0.2) is 59.7 Å². The number of benzene rings is 2. The Morgan fingerprint density at radius 3 is 2.31 bits per heavy atom. The molecule has 1 aliphatic heterocycles. The van der Waals surface area contributed by atoms with Gasteiger partial charge in [0.15, 0.2) is 17.9 Å². The van der Waals surface area contributed by atoms with Crippen molar-refractivity contribution < 1.29 is 43.3 Å². The second-order valence-electron chi connectivity index (χ2n) is 9.55. The van der Waals surface area contributed by atoms with Crippen molar-refractivity contribution in [2.24, 2.45) is 11.8 Å². The standard InChI is InChI=1S/C28H32N2O9/c1-15(2)26(34)39-24-17(4)38-28(36)22(30-25(33)19-11-8-12-21(23(19)32)29-14-31)16(3)37-27(35)20(24)13-18-9-6-5-7-10-18/h5-12,14-17,20,22,24,32H,13H2,1-4H3,(H,29,31)(H,30,33). The van der Waals surface area contributed by atoms with E-state index in [-0.39, 0.29) is 17.7 Å². The minimum Gasteiger partial charge on any atom is -0.505 e. The summed E-state index contributed by atoms with van der Waals surface area (Å²) in [7, 11) is 0. The number of phenols is 1. The molecule has 1 aliphatic rings. The van der Waals surface area contributed by atoms with Crippen LogP contribution < -0.4 is 10.6 Å². The molecule has 2 aromatic rings. The van der Waals surface area contributed by atoms with Crippen LogP contribution in [0.15, 0.2) is 48.5 Å². The average molecular weight is 541 g/mol. The lowest BCUT2D eigenvalue weighted by Crippen LogP contribution is -2.50. The molecule has 2 amide bonds. The van der Waals surface area contributed by atoms with Crippen molar-refractivity contribution in [2.45, 2.75) is 58.5 Å². The molecule has 1 saturated heterocycles. The first-order valence-electron chi connectivity index (χ1n) is 12.5. The fourth-order valence-electron chi connectivity index (χ4n) is 4.13. The van der Waals surface area contributed by atoms with Crippen molar-refractivity contribution in [3.63, 3.8) is 0 Å². The second-order valence-corrected chi connectivity index (χ2v) is 9.55. The number of rotatable bonds is 8. The maximum Gasteiger partial charge on any atom is 0.332 e. The van der Waals surface area contributed by atoms with Gasteiger partial charge in [-0.1, -0.05) is 50.2 Å². The van der Waals surface area contributed by atoms with Gasteiger partial charge in [-0.3, -0.25) is 19.2 Å². The molecular weight excluding hydrogens is 508 g/mol. The molecule has 2 aromatic carbocycles. The Labute approximate surface area is 225 Å². The zero-order valence-electron chi connectivity index (χ0n) is 22.1. The zero-order valence-corrected chi connectivity index (χ0v) is 22.1. The Kier molecular flexibility index (Phi) is 9.64. The number of nitrogens with one attached hydrogen (secondary N) is 2. The molecule has 0 saturated carbocycles. The highest BCUT2D eigenvalue weighted by Gasteiger charge is 2.44. The van der Waals surface area contributed by atoms with Crippen molar-refractivity contribution in [2.75, 3.05) is 5.32 Å². The maximum atomic E-state index is 13.4. The summed E-state index contributed by atoms with van der Waals surface area (Å²) in [6.45, 7) is 6.19. The summed E-state index contributed by atoms with van der Waals surface area (Å²) in [5.41, 5.74) is 0.535. The minimum absolute atomic E-state index is 0.0126. The van der Waals surface area contributed by atoms with Crippen LogP contribution >= 0.6 is 0 Å². The third-order valence-corrected chi connectivity index (χ3v) is 6.29. The lowest BCUT2D eigenvalue weighted by molar-refractivity contribution is -0.176. The highest BCUT2D eigenvalue weighted by Crippen LogP contribution is 2.28. The normalized spacial score (nSPS) is 23.4. The van der Waals surface area contributed by atoms with Crippen molar-refractivity contribution >= 4 is 35.9 Å². The summed E-state index contributed by atoms with van der Waals surface area (Å²) in [5.74, 6) is -5.14. The van der Waals surface area contributed by atoms with Gasteiger partial charge in [0, 0.05) is 0 Å². The number of hydrogen-bond donors (Lipinski definition) is 3. The van der Waals surface area contributed by atoms with Gasteiger partial charge in [0.25, 0.3) is 5.91 Å². The van der Waals surface area contributed by atoms with Gasteiger partial charge in [-0.2, -0.15) is 0 Å². The molecule has 11 heteroatoms. The molecule has 5 atom stereocenters. The second kappa shape index (κ2) is 12.9. The number of amides is 2. The number of cyclic esters (lactones) is 2. The van der Waals surface area contributed by atoms with Crippen LogP contribution in [0.5, 0.6) is 5.75 Å². The van der Waals surface area contributed by atoms with Crippen LogP contribution in [0.4, 0.5) is 5.69 Å². The molecule has 0 radical (unpaired) electrons. The average Bonchev–Trinajstić information content (AvgIpc) is 2.92. The quantitative estimate of drug-likeness (QED) is 0.198. The predicted molar refractivity (Wildman–Crippen MR) is 139 cm³/mol. The smallest absolute Gasteiger partial charge is 0.332 e. The van der Waals surface area contributed by atoms with Crippen LogP contribution in [0.1, 0.15) is 43.6 Å². The summed E-state index contributed by atoms with van der Waals surface area (Å²) in [6, 6.07) is 11.7. The summed E-state index contributed by atoms with van der Waals surface area (Å²) in [6.07, 6.45) is -2.93. The largest absolute Gasteiger partial charge is 0.505 e. The Bertz CT molecular complexity index is 1210. The monoisotopic (exact) mass is 540 g/mol. The summed E-state index contributed by atoms with van der Waals surface area (Å²) < 4.78 is 16.9. The van der Waals surface area contributed by atoms with Crippen LogP contribution in [0.2, 0.25) is 0 Å². The zero-order chi connectivity index (χ0) is 28.7. The number of anilines is 1. The van der Waals surface area contributed by atoms with Crippen LogP contribution in [0.25, 0.3) is 0 Å². The molecule has 5 unspecified atom stereocenters. The van der Waals surface area contributed by atoms with Gasteiger partial charge in [0.2, 0.25) is 6.41 Å². The Balaban J connectivity index is 1.93. The van der Waals surface area contributed by atoms with E-state index < -0.39 is 65.8 Å². The van der Waals surface area contributed by atoms with Crippen LogP contribution in [0, 0.1) is 11.8 Å². The third-order valence-electron chi connectivity index (χ3n) is 6.29. The number of hydrogen-bond acceptors (Lipinski definition) is 9. The first kappa shape index (κ1) is 29.2. The summed E-state index contributed by atoms with van der Waals surface area (Å²) in [5, 5.41) is 15.1. The number of carbonyl (C=O) groups excluding carboxylic acids is 5. The lowest BCUT2D eigenvalue weighted by Gasteiger charge is -2.29. The maximum absolute atomic E-state index is 13.4. The van der Waals surface area contributed by atoms with E-state index in [2.05, 4.69) is 10.6 Å². The number of para-hydroxylation sites is 1. The molecule has 11 nitrogen and oxygen atoms in total. The van der Waals surface area contributed by atoms with E-state index in [1.807, 2.05) is 18.2 Å². The molecule has 1 fully saturated rings. The molecule has 1 heterocycles. The van der Waals surface area contributed by atoms with Gasteiger partial charge in [-0.15, -0.1) is 0 Å². The molecule has 0 spiro atoms. The first-order valence-corrected chi connectivity index (χ1v) is 12.5. The summed E-state index contributed by atoms with van der Waals surface area (Å²) >= 11 is 0. The Morgan fingerprint density at radius 1 is 1.00 bits per heavy atom. The molecular formula is C28H32N2O9. The minimum atomic E-state index is -1.46. The van der Waals surface area contributed by atoms with Gasteiger partial charge >= 0.3 is 17.9 Å². The number of phenolic OH excluding ortho intramolecular Hbond substituents is 1. The number of carbonyl (C=O) groups is 5. The number of ether oxygens (including phenoxy) is 3. The van der Waals surface area contributed by atoms with Crippen molar-refractivity contribution in [1.29, 1.82) is 0 Å². The van der Waals surface area contributed by atoms with E-state index in [9.17, 15) is 29.1 Å². The lowest BCUT2D eigenvalue weighted by atomic mass is 9.91. The molecule has 0 aliphatic carbocycles. The number of esters is 3. The van der Waals surface area contributed by atoms with Crippen molar-refractivity contribution in [1.82, 2.24) is 5.32 Å². The van der Waals surface area contributed by atoms with Crippen molar-refractivity contribution in [3.05, 3.63) is 59.7 Å². The SMILES string of the molecule is CC(C)C(=O)OC1C(C)OC(=O)C(NC(=O)c2cccc(NC=O)c2O)C(C)OC(=O)C1Cc1ccccc1. The fraction of sp³-hybridized carbons (Fsp3) is 0.393. The van der Waals surface area contributed by atoms with Gasteiger partial charge in [0.1, 0.15) is 18.1 Å². The van der Waals surface area contributed by atoms with Gasteiger partial charge in [-0.05, 0) is 38.0 Å². The van der Waals surface area contributed by atoms with E-state index >= 15 is 0 Å². The van der Waals surface area contributed by atoms with E-state index in [0.29, 0.717) is 6.41 Å². The van der Waals surface area contributed by atoms with Crippen molar-refractivity contribution in [3.8, 4) is 5.75 Å². The highest BCUT2D eigenvalue weighted by molar-refractivity contribution is 6.01. The van der Waals surface area contributed by atoms with Gasteiger partial charge in [0.05, 0.1) is 17.2 Å². The van der Waals surface area contributed by atoms with E-state index in [1.165, 1.54) is 32.0 Å². The molecule has 39 heavy (non-hydrogen) atoms. The van der Waals surface area contributed by atoms with Gasteiger partial charge < -0.3 is 30.0 Å². The van der Waals surface area contributed by atoms with Crippen LogP contribution in [-0.2, 0) is 39.8 Å². The molecule has 0 aromatic heterocycles. The van der Waals surface area contributed by atoms with Crippen LogP contribution in [0.3, 0.4) is 0 Å². The predicted octanol–water partition coefficient (Wildman–Crippen LogP) is 2.36. The molecule has 208 valence electrons. The first-order chi connectivity index (χ1) is 18.5. The van der Waals surface area contributed by atoms with E-state index in [4.69, 9.17) is 14.2 Å². The van der Waals surface area contributed by atoms with Gasteiger partial charge in [-0.25, -0.2) is 4.79 Å². The van der Waals surface area contributed by atoms with E-state index in [1.54, 1.807) is 26.0 Å². The Hall–Kier alpha value is -4.41. The molecule has 0 bridgehead atoms. The Morgan fingerprint density at radius 2 is 1.67 bits per heavy atom. The number of aromatic hydroxyl groups is 1. The third kappa shape index (κ3) is 7.13. The summed E-state index contributed by atoms with van der Waals surface area (Å²) in [4.78, 5) is 63.0. The van der Waals surface area contributed by atoms with E-state index in [0.717, 1.165) is 5.56 Å². The topological polar surface area (TPSA) is 157 Å². The molecule has 3 rings (SSSR count).